The number of hydrogen-bond acceptors (Lipinski definition) is 2. The van der Waals surface area contributed by atoms with E-state index in [0.717, 1.165) is 9.97 Å². The van der Waals surface area contributed by atoms with E-state index < -0.39 is 58.8 Å². The molecular formula is C10H3F13N2O2. The van der Waals surface area contributed by atoms with Crippen molar-refractivity contribution in [2.75, 3.05) is 0 Å². The molecule has 0 saturated heterocycles. The summed E-state index contributed by atoms with van der Waals surface area (Å²) in [6.45, 7) is 0. The fraction of sp³-hybridized carbons (Fsp3) is 0.600. The molecule has 0 aliphatic heterocycles. The van der Waals surface area contributed by atoms with Crippen LogP contribution in [0.3, 0.4) is 0 Å². The maximum absolute atomic E-state index is 13.6. The van der Waals surface area contributed by atoms with Gasteiger partial charge in [0.25, 0.3) is 5.56 Å². The molecule has 0 unspecified atom stereocenters. The third-order valence-corrected chi connectivity index (χ3v) is 3.09. The quantitative estimate of drug-likeness (QED) is 0.705. The molecule has 27 heavy (non-hydrogen) atoms. The summed E-state index contributed by atoms with van der Waals surface area (Å²) in [6, 6.07) is 0. The number of aromatic nitrogens is 2. The summed E-state index contributed by atoms with van der Waals surface area (Å²) in [5.74, 6) is -38.3. The van der Waals surface area contributed by atoms with E-state index in [1.54, 1.807) is 0 Å². The number of aromatic amines is 2. The lowest BCUT2D eigenvalue weighted by atomic mass is 9.91. The van der Waals surface area contributed by atoms with Gasteiger partial charge in [-0.1, -0.05) is 0 Å². The van der Waals surface area contributed by atoms with Crippen molar-refractivity contribution in [1.82, 2.24) is 9.97 Å². The summed E-state index contributed by atoms with van der Waals surface area (Å²) in [4.78, 5) is 23.5. The Kier molecular flexibility index (Phi) is 4.97. The largest absolute Gasteiger partial charge is 0.460 e. The molecule has 1 heterocycles. The van der Waals surface area contributed by atoms with Crippen LogP contribution in [0.2, 0.25) is 0 Å². The van der Waals surface area contributed by atoms with Crippen molar-refractivity contribution in [3.05, 3.63) is 32.6 Å². The molecule has 1 rings (SSSR count). The van der Waals surface area contributed by atoms with Gasteiger partial charge in [-0.2, -0.15) is 57.1 Å². The summed E-state index contributed by atoms with van der Waals surface area (Å²) in [5.41, 5.74) is -6.98. The molecule has 156 valence electrons. The second-order valence-electron chi connectivity index (χ2n) is 4.86. The molecule has 0 bridgehead atoms. The zero-order valence-corrected chi connectivity index (χ0v) is 11.8. The molecule has 0 saturated carbocycles. The average molecular weight is 430 g/mol. The van der Waals surface area contributed by atoms with Crippen LogP contribution in [0.1, 0.15) is 5.56 Å². The normalized spacial score (nSPS) is 15.1. The number of halogens is 13. The molecule has 0 amide bonds. The first-order valence-electron chi connectivity index (χ1n) is 5.94. The highest BCUT2D eigenvalue weighted by atomic mass is 19.4. The maximum atomic E-state index is 13.6. The lowest BCUT2D eigenvalue weighted by Gasteiger charge is -2.39. The molecule has 2 N–H and O–H groups in total. The highest BCUT2D eigenvalue weighted by Gasteiger charge is 2.91. The van der Waals surface area contributed by atoms with Crippen molar-refractivity contribution in [3.63, 3.8) is 0 Å². The Labute approximate surface area is 137 Å². The summed E-state index contributed by atoms with van der Waals surface area (Å²) >= 11 is 0. The summed E-state index contributed by atoms with van der Waals surface area (Å²) < 4.78 is 167. The van der Waals surface area contributed by atoms with Gasteiger partial charge >= 0.3 is 41.5 Å². The standard InChI is InChI=1S/C10H3F13N2O2/c11-5(12,2-1-24-4(27)25-3(2)26)6(13,14)7(15,16)8(17,18)9(19,20)10(21,22)23/h1H,(H2,24,25,26,27). The van der Waals surface area contributed by atoms with Gasteiger partial charge in [0.2, 0.25) is 0 Å². The third-order valence-electron chi connectivity index (χ3n) is 3.09. The summed E-state index contributed by atoms with van der Waals surface area (Å²) in [6.07, 6.45) is -8.16. The smallest absolute Gasteiger partial charge is 0.314 e. The summed E-state index contributed by atoms with van der Waals surface area (Å²) in [5, 5.41) is 0. The predicted octanol–water partition coefficient (Wildman–Crippen LogP) is 3.26. The van der Waals surface area contributed by atoms with Crippen LogP contribution in [0.15, 0.2) is 15.8 Å². The van der Waals surface area contributed by atoms with E-state index in [9.17, 15) is 66.7 Å². The predicted molar refractivity (Wildman–Crippen MR) is 57.4 cm³/mol. The third kappa shape index (κ3) is 2.95. The van der Waals surface area contributed by atoms with Crippen LogP contribution in [0, 0.1) is 0 Å². The molecule has 0 atom stereocenters. The Morgan fingerprint density at radius 1 is 0.630 bits per heavy atom. The number of hydrogen-bond donors (Lipinski definition) is 2. The van der Waals surface area contributed by atoms with Gasteiger partial charge in [0, 0.05) is 6.20 Å². The van der Waals surface area contributed by atoms with Crippen LogP contribution in [-0.2, 0) is 5.92 Å². The first-order chi connectivity index (χ1) is 11.7. The first-order valence-corrected chi connectivity index (χ1v) is 5.94. The van der Waals surface area contributed by atoms with E-state index in [0.29, 0.717) is 0 Å². The van der Waals surface area contributed by atoms with Crippen LogP contribution >= 0.6 is 0 Å². The molecule has 1 aromatic rings. The Morgan fingerprint density at radius 3 is 1.41 bits per heavy atom. The van der Waals surface area contributed by atoms with Gasteiger partial charge in [-0.05, 0) is 0 Å². The van der Waals surface area contributed by atoms with E-state index in [1.807, 2.05) is 0 Å². The van der Waals surface area contributed by atoms with Gasteiger partial charge in [0.1, 0.15) is 5.56 Å². The van der Waals surface area contributed by atoms with E-state index in [1.165, 1.54) is 0 Å². The maximum Gasteiger partial charge on any atom is 0.460 e. The lowest BCUT2D eigenvalue weighted by Crippen LogP contribution is -2.69. The molecule has 0 spiro atoms. The Morgan fingerprint density at radius 2 is 1.04 bits per heavy atom. The van der Waals surface area contributed by atoms with Crippen LogP contribution in [0.25, 0.3) is 0 Å². The fourth-order valence-corrected chi connectivity index (χ4v) is 1.58. The molecule has 0 aliphatic carbocycles. The van der Waals surface area contributed by atoms with Crippen molar-refractivity contribution in [3.8, 4) is 0 Å². The van der Waals surface area contributed by atoms with Crippen LogP contribution in [0.4, 0.5) is 57.1 Å². The van der Waals surface area contributed by atoms with E-state index in [-0.39, 0.29) is 0 Å². The SMILES string of the molecule is O=c1[nH]cc(C(F)(F)C(F)(F)C(F)(F)C(F)(F)C(F)(F)C(F)(F)F)c(=O)[nH]1. The minimum atomic E-state index is -8.07. The molecule has 0 radical (unpaired) electrons. The molecule has 0 aliphatic rings. The Bertz CT molecular complexity index is 819. The van der Waals surface area contributed by atoms with Crippen LogP contribution < -0.4 is 11.2 Å². The van der Waals surface area contributed by atoms with Gasteiger partial charge in [0.05, 0.1) is 0 Å². The van der Waals surface area contributed by atoms with Gasteiger partial charge < -0.3 is 4.98 Å². The zero-order valence-electron chi connectivity index (χ0n) is 11.8. The van der Waals surface area contributed by atoms with Crippen molar-refractivity contribution in [2.24, 2.45) is 0 Å². The van der Waals surface area contributed by atoms with Gasteiger partial charge in [-0.15, -0.1) is 0 Å². The van der Waals surface area contributed by atoms with Gasteiger partial charge in [-0.25, -0.2) is 4.79 Å². The second kappa shape index (κ2) is 5.88. The van der Waals surface area contributed by atoms with Crippen molar-refractivity contribution < 1.29 is 57.1 Å². The zero-order chi connectivity index (χ0) is 21.9. The van der Waals surface area contributed by atoms with Crippen molar-refractivity contribution >= 4 is 0 Å². The second-order valence-corrected chi connectivity index (χ2v) is 4.86. The highest BCUT2D eigenvalue weighted by molar-refractivity contribution is 5.20. The minimum Gasteiger partial charge on any atom is -0.314 e. The number of rotatable bonds is 5. The topological polar surface area (TPSA) is 65.7 Å². The van der Waals surface area contributed by atoms with E-state index in [4.69, 9.17) is 0 Å². The molecule has 1 aromatic heterocycles. The van der Waals surface area contributed by atoms with Gasteiger partial charge in [0.15, 0.2) is 0 Å². The molecule has 0 aromatic carbocycles. The molecule has 0 fully saturated rings. The lowest BCUT2D eigenvalue weighted by molar-refractivity contribution is -0.441. The first kappa shape index (κ1) is 22.8. The van der Waals surface area contributed by atoms with E-state index >= 15 is 0 Å². The molecular weight excluding hydrogens is 427 g/mol. The van der Waals surface area contributed by atoms with Crippen molar-refractivity contribution in [1.29, 1.82) is 0 Å². The van der Waals surface area contributed by atoms with Crippen LogP contribution in [0.5, 0.6) is 0 Å². The Balaban J connectivity index is 3.68. The average Bonchev–Trinajstić information content (AvgIpc) is 2.44. The van der Waals surface area contributed by atoms with Crippen LogP contribution in [-0.4, -0.2) is 39.8 Å². The monoisotopic (exact) mass is 430 g/mol. The molecule has 17 heteroatoms. The minimum absolute atomic E-state index is 0.634. The number of alkyl halides is 13. The van der Waals surface area contributed by atoms with E-state index in [2.05, 4.69) is 0 Å². The Hall–Kier alpha value is -2.23. The van der Waals surface area contributed by atoms with Crippen molar-refractivity contribution in [2.45, 2.75) is 35.8 Å². The summed E-state index contributed by atoms with van der Waals surface area (Å²) in [7, 11) is 0. The molecule has 4 nitrogen and oxygen atoms in total. The number of nitrogens with one attached hydrogen (secondary N) is 2. The highest BCUT2D eigenvalue weighted by Crippen LogP contribution is 2.61. The van der Waals surface area contributed by atoms with Gasteiger partial charge in [-0.3, -0.25) is 9.78 Å². The number of H-pyrrole nitrogens is 2. The fourth-order valence-electron chi connectivity index (χ4n) is 1.58.